The lowest BCUT2D eigenvalue weighted by Crippen LogP contribution is -1.88. The van der Waals surface area contributed by atoms with E-state index in [-0.39, 0.29) is 5.75 Å². The van der Waals surface area contributed by atoms with Crippen LogP contribution >= 0.6 is 39.1 Å². The molecular weight excluding hydrogens is 389 g/mol. The van der Waals surface area contributed by atoms with Crippen molar-refractivity contribution in [3.8, 4) is 17.6 Å². The number of ether oxygens (including phenoxy) is 1. The average molecular weight is 399 g/mol. The molecule has 0 amide bonds. The van der Waals surface area contributed by atoms with E-state index in [2.05, 4.69) is 22.0 Å². The van der Waals surface area contributed by atoms with Gasteiger partial charge in [0.05, 0.1) is 28.2 Å². The Kier molecular flexibility index (Phi) is 5.36. The molecule has 22 heavy (non-hydrogen) atoms. The second kappa shape index (κ2) is 7.06. The molecule has 0 unspecified atom stereocenters. The normalized spacial score (nSPS) is 11.1. The smallest absolute Gasteiger partial charge is 0.172 e. The lowest BCUT2D eigenvalue weighted by molar-refractivity contribution is 0.372. The van der Waals surface area contributed by atoms with Gasteiger partial charge in [0.2, 0.25) is 0 Å². The first-order chi connectivity index (χ1) is 10.5. The van der Waals surface area contributed by atoms with Gasteiger partial charge in [0.25, 0.3) is 0 Å². The van der Waals surface area contributed by atoms with Crippen molar-refractivity contribution in [1.29, 1.82) is 5.26 Å². The Labute approximate surface area is 146 Å². The Hall–Kier alpha value is -1.67. The second-order valence-corrected chi connectivity index (χ2v) is 6.05. The van der Waals surface area contributed by atoms with Gasteiger partial charge in [-0.05, 0) is 51.8 Å². The van der Waals surface area contributed by atoms with Crippen molar-refractivity contribution in [3.63, 3.8) is 0 Å². The first kappa shape index (κ1) is 16.7. The van der Waals surface area contributed by atoms with Crippen LogP contribution in [0.3, 0.4) is 0 Å². The molecule has 0 aliphatic carbocycles. The van der Waals surface area contributed by atoms with E-state index in [9.17, 15) is 10.4 Å². The summed E-state index contributed by atoms with van der Waals surface area (Å²) in [4.78, 5) is 0. The highest BCUT2D eigenvalue weighted by Gasteiger charge is 2.10. The number of benzene rings is 2. The number of nitriles is 1. The van der Waals surface area contributed by atoms with Crippen molar-refractivity contribution in [2.45, 2.75) is 0 Å². The molecule has 6 heteroatoms. The summed E-state index contributed by atoms with van der Waals surface area (Å²) in [6.07, 6.45) is 1.65. The van der Waals surface area contributed by atoms with E-state index in [0.717, 1.165) is 0 Å². The highest BCUT2D eigenvalue weighted by Crippen LogP contribution is 2.36. The average Bonchev–Trinajstić information content (AvgIpc) is 2.48. The quantitative estimate of drug-likeness (QED) is 0.545. The highest BCUT2D eigenvalue weighted by atomic mass is 79.9. The third kappa shape index (κ3) is 3.56. The number of nitrogens with zero attached hydrogens (tertiary/aromatic N) is 1. The van der Waals surface area contributed by atoms with Crippen molar-refractivity contribution in [2.75, 3.05) is 7.11 Å². The minimum Gasteiger partial charge on any atom is -0.503 e. The van der Waals surface area contributed by atoms with E-state index < -0.39 is 0 Å². The zero-order chi connectivity index (χ0) is 16.3. The number of halogens is 3. The number of phenolic OH excluding ortho intramolecular Hbond substituents is 1. The van der Waals surface area contributed by atoms with E-state index in [0.29, 0.717) is 37.0 Å². The first-order valence-electron chi connectivity index (χ1n) is 6.10. The Bertz CT molecular complexity index is 797. The van der Waals surface area contributed by atoms with Gasteiger partial charge in [0.1, 0.15) is 0 Å². The van der Waals surface area contributed by atoms with Gasteiger partial charge in [0, 0.05) is 10.6 Å². The molecule has 0 radical (unpaired) electrons. The van der Waals surface area contributed by atoms with Crippen LogP contribution in [0.2, 0.25) is 10.0 Å². The number of hydrogen-bond donors (Lipinski definition) is 1. The largest absolute Gasteiger partial charge is 0.503 e. The van der Waals surface area contributed by atoms with Gasteiger partial charge in [-0.15, -0.1) is 0 Å². The molecule has 0 aromatic heterocycles. The van der Waals surface area contributed by atoms with Crippen molar-refractivity contribution in [2.24, 2.45) is 0 Å². The van der Waals surface area contributed by atoms with Crippen LogP contribution < -0.4 is 4.74 Å². The van der Waals surface area contributed by atoms with E-state index in [1.807, 2.05) is 0 Å². The summed E-state index contributed by atoms with van der Waals surface area (Å²) in [7, 11) is 1.45. The van der Waals surface area contributed by atoms with Crippen LogP contribution in [0.1, 0.15) is 11.1 Å². The molecule has 0 heterocycles. The molecule has 0 atom stereocenters. The highest BCUT2D eigenvalue weighted by molar-refractivity contribution is 9.10. The number of rotatable bonds is 3. The topological polar surface area (TPSA) is 53.2 Å². The molecule has 0 fully saturated rings. The van der Waals surface area contributed by atoms with Crippen molar-refractivity contribution >= 4 is 50.8 Å². The van der Waals surface area contributed by atoms with Gasteiger partial charge in [-0.25, -0.2) is 0 Å². The third-order valence-corrected chi connectivity index (χ3v) is 4.08. The molecule has 0 saturated heterocycles. The first-order valence-corrected chi connectivity index (χ1v) is 7.65. The zero-order valence-corrected chi connectivity index (χ0v) is 14.5. The molecule has 0 bridgehead atoms. The Morgan fingerprint density at radius 2 is 2.05 bits per heavy atom. The molecule has 0 aliphatic rings. The van der Waals surface area contributed by atoms with Crippen molar-refractivity contribution in [1.82, 2.24) is 0 Å². The fourth-order valence-corrected chi connectivity index (χ4v) is 2.85. The van der Waals surface area contributed by atoms with Gasteiger partial charge in [-0.2, -0.15) is 5.26 Å². The minimum absolute atomic E-state index is 0.00248. The molecule has 2 aromatic rings. The van der Waals surface area contributed by atoms with Crippen LogP contribution in [0.15, 0.2) is 34.8 Å². The van der Waals surface area contributed by atoms with Crippen LogP contribution in [-0.4, -0.2) is 12.2 Å². The summed E-state index contributed by atoms with van der Waals surface area (Å²) >= 11 is 15.2. The maximum Gasteiger partial charge on any atom is 0.172 e. The van der Waals surface area contributed by atoms with E-state index in [1.165, 1.54) is 7.11 Å². The molecule has 2 rings (SSSR count). The predicted octanol–water partition coefficient (Wildman–Crippen LogP) is 5.53. The van der Waals surface area contributed by atoms with Crippen molar-refractivity contribution in [3.05, 3.63) is 56.0 Å². The Morgan fingerprint density at radius 1 is 1.32 bits per heavy atom. The molecule has 112 valence electrons. The molecular formula is C16H10BrCl2NO2. The SMILES string of the molecule is COc1cc(/C=C(\C#N)c2ccc(Cl)cc2Cl)cc(Br)c1O. The molecule has 1 N–H and O–H groups in total. The van der Waals surface area contributed by atoms with E-state index >= 15 is 0 Å². The second-order valence-electron chi connectivity index (χ2n) is 4.35. The van der Waals surface area contributed by atoms with Crippen LogP contribution in [0.5, 0.6) is 11.5 Å². The zero-order valence-electron chi connectivity index (χ0n) is 11.4. The molecule has 0 spiro atoms. The van der Waals surface area contributed by atoms with Gasteiger partial charge >= 0.3 is 0 Å². The summed E-state index contributed by atoms with van der Waals surface area (Å²) in [6, 6.07) is 10.4. The standard InChI is InChI=1S/C16H10BrCl2NO2/c1-22-15-6-9(5-13(17)16(15)21)4-10(8-20)12-3-2-11(18)7-14(12)19/h2-7,21H,1H3/b10-4+. The van der Waals surface area contributed by atoms with Crippen LogP contribution in [0.25, 0.3) is 11.6 Å². The Morgan fingerprint density at radius 3 is 2.64 bits per heavy atom. The third-order valence-electron chi connectivity index (χ3n) is 2.92. The number of phenols is 1. The number of hydrogen-bond acceptors (Lipinski definition) is 3. The fourth-order valence-electron chi connectivity index (χ4n) is 1.88. The predicted molar refractivity (Wildman–Crippen MR) is 92.3 cm³/mol. The van der Waals surface area contributed by atoms with Crippen LogP contribution in [-0.2, 0) is 0 Å². The van der Waals surface area contributed by atoms with Gasteiger partial charge in [0.15, 0.2) is 11.5 Å². The van der Waals surface area contributed by atoms with Crippen LogP contribution in [0.4, 0.5) is 0 Å². The van der Waals surface area contributed by atoms with Gasteiger partial charge in [-0.1, -0.05) is 29.3 Å². The maximum absolute atomic E-state index is 9.81. The summed E-state index contributed by atoms with van der Waals surface area (Å²) < 4.78 is 5.56. The lowest BCUT2D eigenvalue weighted by Gasteiger charge is -2.08. The number of methoxy groups -OCH3 is 1. The number of aromatic hydroxyl groups is 1. The fraction of sp³-hybridized carbons (Fsp3) is 0.0625. The molecule has 0 aliphatic heterocycles. The number of allylic oxidation sites excluding steroid dienone is 1. The van der Waals surface area contributed by atoms with E-state index in [1.54, 1.807) is 36.4 Å². The van der Waals surface area contributed by atoms with Gasteiger partial charge < -0.3 is 9.84 Å². The van der Waals surface area contributed by atoms with E-state index in [4.69, 9.17) is 27.9 Å². The Balaban J connectivity index is 2.54. The molecule has 0 saturated carbocycles. The van der Waals surface area contributed by atoms with Crippen LogP contribution in [0, 0.1) is 11.3 Å². The summed E-state index contributed by atoms with van der Waals surface area (Å²) in [5.41, 5.74) is 1.64. The monoisotopic (exact) mass is 397 g/mol. The lowest BCUT2D eigenvalue weighted by atomic mass is 10.0. The van der Waals surface area contributed by atoms with Gasteiger partial charge in [-0.3, -0.25) is 0 Å². The maximum atomic E-state index is 9.81. The van der Waals surface area contributed by atoms with Crippen molar-refractivity contribution < 1.29 is 9.84 Å². The summed E-state index contributed by atoms with van der Waals surface area (Å²) in [5, 5.41) is 20.1. The summed E-state index contributed by atoms with van der Waals surface area (Å²) in [5.74, 6) is 0.308. The minimum atomic E-state index is 0.00248. The molecule has 3 nitrogen and oxygen atoms in total. The molecule has 2 aromatic carbocycles. The summed E-state index contributed by atoms with van der Waals surface area (Å²) in [6.45, 7) is 0.